The fourth-order valence-electron chi connectivity index (χ4n) is 5.51. The summed E-state index contributed by atoms with van der Waals surface area (Å²) in [6.07, 6.45) is 8.64. The number of ether oxygens (including phenoxy) is 1. The summed E-state index contributed by atoms with van der Waals surface area (Å²) < 4.78 is 6.09. The van der Waals surface area contributed by atoms with Crippen LogP contribution in [0.2, 0.25) is 0 Å². The molecule has 2 aromatic rings. The number of carbonyl (C=O) groups is 1. The Kier molecular flexibility index (Phi) is 6.14. The van der Waals surface area contributed by atoms with Crippen LogP contribution in [0.15, 0.2) is 35.2 Å². The first-order chi connectivity index (χ1) is 15.6. The number of thiocarbonyl (C=S) groups is 1. The van der Waals surface area contributed by atoms with Crippen LogP contribution >= 0.6 is 24.0 Å². The summed E-state index contributed by atoms with van der Waals surface area (Å²) in [5.41, 5.74) is 9.96. The minimum atomic E-state index is 0.0693. The van der Waals surface area contributed by atoms with E-state index < -0.39 is 0 Å². The summed E-state index contributed by atoms with van der Waals surface area (Å²) in [5.74, 6) is 2.27. The molecule has 2 heterocycles. The summed E-state index contributed by atoms with van der Waals surface area (Å²) in [6.45, 7) is 0.630. The van der Waals surface area contributed by atoms with Crippen molar-refractivity contribution in [2.45, 2.75) is 44.6 Å². The average Bonchev–Trinajstić information content (AvgIpc) is 3.57. The molecular formula is C25H29N3O2S2. The third kappa shape index (κ3) is 4.02. The van der Waals surface area contributed by atoms with Gasteiger partial charge in [-0.3, -0.25) is 9.69 Å². The number of amides is 1. The maximum atomic E-state index is 13.4. The van der Waals surface area contributed by atoms with Crippen LogP contribution in [-0.4, -0.2) is 39.8 Å². The van der Waals surface area contributed by atoms with E-state index in [2.05, 4.69) is 17.1 Å². The lowest BCUT2D eigenvalue weighted by molar-refractivity contribution is -0.124. The number of H-pyrrole nitrogens is 1. The number of methoxy groups -OCH3 is 1. The molecule has 3 atom stereocenters. The number of hydrogen-bond acceptors (Lipinski definition) is 5. The fraction of sp³-hybridized carbons (Fsp3) is 0.440. The number of aromatic amines is 1. The predicted molar refractivity (Wildman–Crippen MR) is 134 cm³/mol. The number of benzene rings is 1. The molecule has 3 fully saturated rings. The van der Waals surface area contributed by atoms with E-state index in [1.807, 2.05) is 29.2 Å². The molecule has 2 saturated carbocycles. The minimum absolute atomic E-state index is 0.0693. The second-order valence-corrected chi connectivity index (χ2v) is 10.7. The number of hydrogen-bond donors (Lipinski definition) is 2. The largest absolute Gasteiger partial charge is 0.497 e. The number of fused-ring (bicyclic) bond motifs is 2. The van der Waals surface area contributed by atoms with Crippen molar-refractivity contribution in [1.29, 1.82) is 0 Å². The number of nitrogens with one attached hydrogen (secondary N) is 1. The van der Waals surface area contributed by atoms with Gasteiger partial charge in [0.05, 0.1) is 12.0 Å². The van der Waals surface area contributed by atoms with E-state index in [0.29, 0.717) is 27.7 Å². The van der Waals surface area contributed by atoms with Crippen LogP contribution in [0.5, 0.6) is 5.75 Å². The fourth-order valence-corrected chi connectivity index (χ4v) is 6.87. The van der Waals surface area contributed by atoms with Gasteiger partial charge in [0.2, 0.25) is 0 Å². The molecule has 1 amide bonds. The molecule has 2 bridgehead atoms. The molecule has 1 aromatic heterocycles. The van der Waals surface area contributed by atoms with Crippen LogP contribution in [0.4, 0.5) is 0 Å². The summed E-state index contributed by atoms with van der Waals surface area (Å²) in [6, 6.07) is 10.4. The second kappa shape index (κ2) is 9.04. The highest BCUT2D eigenvalue weighted by Crippen LogP contribution is 2.49. The van der Waals surface area contributed by atoms with Gasteiger partial charge in [0.1, 0.15) is 10.1 Å². The predicted octanol–water partition coefficient (Wildman–Crippen LogP) is 4.97. The van der Waals surface area contributed by atoms with E-state index >= 15 is 0 Å². The molecule has 0 radical (unpaired) electrons. The highest BCUT2D eigenvalue weighted by molar-refractivity contribution is 8.26. The van der Waals surface area contributed by atoms with E-state index in [4.69, 9.17) is 22.7 Å². The normalized spacial score (nSPS) is 26.0. The van der Waals surface area contributed by atoms with Crippen LogP contribution in [0.1, 0.15) is 43.4 Å². The number of thioether (sulfide) groups is 1. The molecule has 1 aliphatic heterocycles. The van der Waals surface area contributed by atoms with E-state index in [0.717, 1.165) is 47.9 Å². The Hall–Kier alpha value is -2.09. The van der Waals surface area contributed by atoms with E-state index in [1.165, 1.54) is 36.6 Å². The van der Waals surface area contributed by atoms with E-state index in [9.17, 15) is 4.79 Å². The number of nitrogens with zero attached hydrogens (tertiary/aromatic N) is 1. The topological polar surface area (TPSA) is 71.3 Å². The Morgan fingerprint density at radius 1 is 1.31 bits per heavy atom. The van der Waals surface area contributed by atoms with E-state index in [-0.39, 0.29) is 5.91 Å². The molecule has 7 heteroatoms. The van der Waals surface area contributed by atoms with Gasteiger partial charge in [0.15, 0.2) is 0 Å². The third-order valence-electron chi connectivity index (χ3n) is 7.10. The zero-order valence-corrected chi connectivity index (χ0v) is 19.9. The standard InChI is InChI=1S/C25H29N3O2S2/c1-30-19-6-2-4-16(12-19)20-13-17(5-3-9-26)21(27-20)14-23-24(29)28(25(31)32-23)22-11-15-7-8-18(22)10-15/h2,4,6,12-15,18,22,27H,3,5,7-11,26H2,1H3. The maximum absolute atomic E-state index is 13.4. The van der Waals surface area contributed by atoms with E-state index in [1.54, 1.807) is 7.11 Å². The maximum Gasteiger partial charge on any atom is 0.266 e. The van der Waals surface area contributed by atoms with Crippen LogP contribution in [0.3, 0.4) is 0 Å². The van der Waals surface area contributed by atoms with Crippen molar-refractivity contribution in [3.63, 3.8) is 0 Å². The lowest BCUT2D eigenvalue weighted by Crippen LogP contribution is -2.41. The molecule has 1 aromatic carbocycles. The zero-order valence-electron chi connectivity index (χ0n) is 18.3. The number of carbonyl (C=O) groups excluding carboxylic acids is 1. The first-order valence-corrected chi connectivity index (χ1v) is 12.6. The minimum Gasteiger partial charge on any atom is -0.497 e. The lowest BCUT2D eigenvalue weighted by atomic mass is 9.94. The molecular weight excluding hydrogens is 438 g/mol. The van der Waals surface area contributed by atoms with Crippen molar-refractivity contribution in [3.05, 3.63) is 46.5 Å². The molecule has 0 spiro atoms. The highest BCUT2D eigenvalue weighted by Gasteiger charge is 2.47. The molecule has 2 aliphatic carbocycles. The van der Waals surface area contributed by atoms with Crippen LogP contribution in [0.25, 0.3) is 17.3 Å². The van der Waals surface area contributed by atoms with Gasteiger partial charge in [-0.2, -0.15) is 0 Å². The van der Waals surface area contributed by atoms with Crippen molar-refractivity contribution >= 4 is 40.3 Å². The van der Waals surface area contributed by atoms with Crippen molar-refractivity contribution in [3.8, 4) is 17.0 Å². The molecule has 3 unspecified atom stereocenters. The Morgan fingerprint density at radius 3 is 2.91 bits per heavy atom. The summed E-state index contributed by atoms with van der Waals surface area (Å²) in [7, 11) is 1.67. The zero-order chi connectivity index (χ0) is 22.2. The van der Waals surface area contributed by atoms with Gasteiger partial charge in [0, 0.05) is 23.0 Å². The summed E-state index contributed by atoms with van der Waals surface area (Å²) in [4.78, 5) is 19.5. The molecule has 3 aliphatic rings. The first kappa shape index (κ1) is 21.7. The van der Waals surface area contributed by atoms with Crippen LogP contribution in [-0.2, 0) is 11.2 Å². The SMILES string of the molecule is COc1cccc(-c2cc(CCCN)c(C=C3SC(=S)N(C4CC5CCC4C5)C3=O)[nH]2)c1. The van der Waals surface area contributed by atoms with Crippen molar-refractivity contribution in [1.82, 2.24) is 9.88 Å². The quantitative estimate of drug-likeness (QED) is 0.444. The first-order valence-electron chi connectivity index (χ1n) is 11.4. The summed E-state index contributed by atoms with van der Waals surface area (Å²) >= 11 is 7.10. The molecule has 3 N–H and O–H groups in total. The third-order valence-corrected chi connectivity index (χ3v) is 8.43. The van der Waals surface area contributed by atoms with Gasteiger partial charge in [0.25, 0.3) is 5.91 Å². The number of aromatic nitrogens is 1. The van der Waals surface area contributed by atoms with Gasteiger partial charge in [-0.05, 0) is 80.3 Å². The number of rotatable bonds is 7. The molecule has 32 heavy (non-hydrogen) atoms. The molecule has 1 saturated heterocycles. The Bertz CT molecular complexity index is 1080. The van der Waals surface area contributed by atoms with Crippen LogP contribution in [0, 0.1) is 11.8 Å². The van der Waals surface area contributed by atoms with Gasteiger partial charge < -0.3 is 15.5 Å². The molecule has 168 valence electrons. The van der Waals surface area contributed by atoms with Crippen LogP contribution < -0.4 is 10.5 Å². The van der Waals surface area contributed by atoms with Gasteiger partial charge in [-0.25, -0.2) is 0 Å². The summed E-state index contributed by atoms with van der Waals surface area (Å²) in [5, 5.41) is 0. The van der Waals surface area contributed by atoms with Gasteiger partial charge >= 0.3 is 0 Å². The monoisotopic (exact) mass is 467 g/mol. The molecule has 5 rings (SSSR count). The van der Waals surface area contributed by atoms with Gasteiger partial charge in [-0.1, -0.05) is 42.5 Å². The van der Waals surface area contributed by atoms with Gasteiger partial charge in [-0.15, -0.1) is 0 Å². The van der Waals surface area contributed by atoms with Crippen molar-refractivity contribution in [2.24, 2.45) is 17.6 Å². The Balaban J connectivity index is 1.45. The smallest absolute Gasteiger partial charge is 0.266 e. The lowest BCUT2D eigenvalue weighted by Gasteiger charge is -2.30. The average molecular weight is 468 g/mol. The molecule has 5 nitrogen and oxygen atoms in total. The Morgan fingerprint density at radius 2 is 2.19 bits per heavy atom. The van der Waals surface area contributed by atoms with Crippen molar-refractivity contribution in [2.75, 3.05) is 13.7 Å². The Labute approximate surface area is 198 Å². The second-order valence-electron chi connectivity index (χ2n) is 9.04. The number of aryl methyl sites for hydroxylation is 1. The highest BCUT2D eigenvalue weighted by atomic mass is 32.2. The van der Waals surface area contributed by atoms with Crippen molar-refractivity contribution < 1.29 is 9.53 Å². The number of nitrogens with two attached hydrogens (primary N) is 1.